The number of hydrogen-bond donors (Lipinski definition) is 2. The van der Waals surface area contributed by atoms with E-state index in [1.165, 1.54) is 18.3 Å². The lowest BCUT2D eigenvalue weighted by Crippen LogP contribution is -2.32. The minimum Gasteiger partial charge on any atom is -0.508 e. The Balaban J connectivity index is 2.12. The highest BCUT2D eigenvalue weighted by molar-refractivity contribution is 7.12. The van der Waals surface area contributed by atoms with Crippen molar-refractivity contribution in [3.63, 3.8) is 0 Å². The zero-order valence-corrected chi connectivity index (χ0v) is 11.7. The maximum atomic E-state index is 12.3. The molecule has 3 aromatic rings. The molecular weight excluding hydrogens is 292 g/mol. The van der Waals surface area contributed by atoms with Crippen LogP contribution in [0.1, 0.15) is 11.3 Å². The fraction of sp³-hybridized carbons (Fsp3) is 0.0769. The fourth-order valence-corrected chi connectivity index (χ4v) is 2.62. The smallest absolute Gasteiger partial charge is 0.350 e. The standard InChI is InChI=1S/C13H10N4O3S/c1-7-10-11(21-16-7)15-13(20)17(12(10)19)14-6-8-2-4-9(18)5-3-8/h2-6,18H,1H3,(H,15,20)/b14-6+. The van der Waals surface area contributed by atoms with E-state index < -0.39 is 11.2 Å². The van der Waals surface area contributed by atoms with E-state index in [1.807, 2.05) is 0 Å². The molecule has 0 saturated heterocycles. The number of nitrogens with zero attached hydrogens (tertiary/aromatic N) is 3. The summed E-state index contributed by atoms with van der Waals surface area (Å²) in [5.74, 6) is 0.128. The molecule has 0 bridgehead atoms. The second-order valence-electron chi connectivity index (χ2n) is 4.36. The van der Waals surface area contributed by atoms with Gasteiger partial charge in [-0.15, -0.1) is 4.68 Å². The van der Waals surface area contributed by atoms with Crippen molar-refractivity contribution in [3.8, 4) is 5.75 Å². The molecule has 0 amide bonds. The Hall–Kier alpha value is -2.74. The Morgan fingerprint density at radius 3 is 2.76 bits per heavy atom. The highest BCUT2D eigenvalue weighted by Gasteiger charge is 2.11. The van der Waals surface area contributed by atoms with Crippen molar-refractivity contribution in [2.24, 2.45) is 5.10 Å². The Labute approximate surface area is 122 Å². The van der Waals surface area contributed by atoms with Gasteiger partial charge in [0.2, 0.25) is 0 Å². The molecule has 1 aromatic carbocycles. The van der Waals surface area contributed by atoms with Crippen molar-refractivity contribution >= 4 is 28.0 Å². The summed E-state index contributed by atoms with van der Waals surface area (Å²) < 4.78 is 4.81. The summed E-state index contributed by atoms with van der Waals surface area (Å²) in [5, 5.41) is 13.5. The van der Waals surface area contributed by atoms with Crippen LogP contribution in [0.15, 0.2) is 39.0 Å². The number of aromatic amines is 1. The Morgan fingerprint density at radius 1 is 1.33 bits per heavy atom. The van der Waals surface area contributed by atoms with Gasteiger partial charge in [0.1, 0.15) is 10.6 Å². The van der Waals surface area contributed by atoms with Crippen LogP contribution in [0.2, 0.25) is 0 Å². The Kier molecular flexibility index (Phi) is 3.15. The average Bonchev–Trinajstić information content (AvgIpc) is 2.82. The average molecular weight is 302 g/mol. The van der Waals surface area contributed by atoms with Gasteiger partial charge in [-0.1, -0.05) is 0 Å². The lowest BCUT2D eigenvalue weighted by atomic mass is 10.2. The van der Waals surface area contributed by atoms with Gasteiger partial charge >= 0.3 is 5.69 Å². The number of phenolic OH excluding ortho intramolecular Hbond substituents is 1. The summed E-state index contributed by atoms with van der Waals surface area (Å²) in [7, 11) is 0. The molecule has 2 aromatic heterocycles. The van der Waals surface area contributed by atoms with Crippen molar-refractivity contribution in [3.05, 3.63) is 56.4 Å². The first-order chi connectivity index (χ1) is 10.1. The van der Waals surface area contributed by atoms with E-state index in [1.54, 1.807) is 19.1 Å². The van der Waals surface area contributed by atoms with Gasteiger partial charge in [0, 0.05) is 0 Å². The SMILES string of the molecule is Cc1nsc2[nH]c(=O)n(/N=C/c3ccc(O)cc3)c(=O)c12. The van der Waals surface area contributed by atoms with Gasteiger partial charge in [0.25, 0.3) is 5.56 Å². The molecule has 0 saturated carbocycles. The Bertz CT molecular complexity index is 950. The molecular formula is C13H10N4O3S. The second kappa shape index (κ2) is 4.98. The highest BCUT2D eigenvalue weighted by atomic mass is 32.1. The molecule has 21 heavy (non-hydrogen) atoms. The van der Waals surface area contributed by atoms with Crippen LogP contribution in [0.4, 0.5) is 0 Å². The van der Waals surface area contributed by atoms with E-state index in [4.69, 9.17) is 0 Å². The van der Waals surface area contributed by atoms with Gasteiger partial charge in [-0.2, -0.15) is 9.47 Å². The summed E-state index contributed by atoms with van der Waals surface area (Å²) in [5.41, 5.74) is 0.0883. The second-order valence-corrected chi connectivity index (χ2v) is 5.13. The molecule has 0 spiro atoms. The normalized spacial score (nSPS) is 11.5. The van der Waals surface area contributed by atoms with Gasteiger partial charge in [-0.25, -0.2) is 4.79 Å². The predicted octanol–water partition coefficient (Wildman–Crippen LogP) is 1.04. The van der Waals surface area contributed by atoms with Gasteiger partial charge in [-0.3, -0.25) is 9.78 Å². The maximum absolute atomic E-state index is 12.3. The summed E-state index contributed by atoms with van der Waals surface area (Å²) in [6.07, 6.45) is 1.37. The van der Waals surface area contributed by atoms with Gasteiger partial charge < -0.3 is 5.11 Å². The molecule has 8 heteroatoms. The van der Waals surface area contributed by atoms with Crippen LogP contribution in [0.25, 0.3) is 10.2 Å². The lowest BCUT2D eigenvalue weighted by Gasteiger charge is -1.98. The summed E-state index contributed by atoms with van der Waals surface area (Å²) in [6.45, 7) is 1.70. The van der Waals surface area contributed by atoms with Crippen molar-refractivity contribution in [1.82, 2.24) is 14.0 Å². The first kappa shape index (κ1) is 13.3. The lowest BCUT2D eigenvalue weighted by molar-refractivity contribution is 0.475. The first-order valence-electron chi connectivity index (χ1n) is 6.01. The van der Waals surface area contributed by atoms with Crippen LogP contribution in [0.3, 0.4) is 0 Å². The van der Waals surface area contributed by atoms with E-state index >= 15 is 0 Å². The molecule has 2 N–H and O–H groups in total. The van der Waals surface area contributed by atoms with Crippen LogP contribution >= 0.6 is 11.5 Å². The van der Waals surface area contributed by atoms with E-state index in [2.05, 4.69) is 14.5 Å². The number of phenols is 1. The van der Waals surface area contributed by atoms with Crippen LogP contribution in [0, 0.1) is 6.92 Å². The third-order valence-corrected chi connectivity index (χ3v) is 3.75. The topological polar surface area (TPSA) is 100 Å². The van der Waals surface area contributed by atoms with Crippen molar-refractivity contribution in [2.45, 2.75) is 6.92 Å². The summed E-state index contributed by atoms with van der Waals surface area (Å²) in [6, 6.07) is 6.22. The fourth-order valence-electron chi connectivity index (χ4n) is 1.84. The molecule has 106 valence electrons. The molecule has 0 aliphatic carbocycles. The third-order valence-electron chi connectivity index (χ3n) is 2.90. The minimum atomic E-state index is -0.619. The number of hydrogen-bond acceptors (Lipinski definition) is 6. The predicted molar refractivity (Wildman–Crippen MR) is 80.3 cm³/mol. The molecule has 3 rings (SSSR count). The van der Waals surface area contributed by atoms with Crippen LogP contribution < -0.4 is 11.2 Å². The molecule has 2 heterocycles. The van der Waals surface area contributed by atoms with Gasteiger partial charge in [0.05, 0.1) is 17.3 Å². The maximum Gasteiger partial charge on any atom is 0.350 e. The zero-order chi connectivity index (χ0) is 15.0. The quantitative estimate of drug-likeness (QED) is 0.691. The molecule has 0 atom stereocenters. The number of aromatic nitrogens is 3. The first-order valence-corrected chi connectivity index (χ1v) is 6.78. The summed E-state index contributed by atoms with van der Waals surface area (Å²) in [4.78, 5) is 27.2. The number of nitrogens with one attached hydrogen (secondary N) is 1. The van der Waals surface area contributed by atoms with Gasteiger partial charge in [0.15, 0.2) is 0 Å². The summed E-state index contributed by atoms with van der Waals surface area (Å²) >= 11 is 1.07. The largest absolute Gasteiger partial charge is 0.508 e. The molecule has 0 radical (unpaired) electrons. The van der Waals surface area contributed by atoms with Gasteiger partial charge in [-0.05, 0) is 48.3 Å². The number of aromatic hydroxyl groups is 1. The van der Waals surface area contributed by atoms with Crippen LogP contribution in [0.5, 0.6) is 5.75 Å². The third kappa shape index (κ3) is 2.36. The molecule has 0 fully saturated rings. The van der Waals surface area contributed by atoms with Crippen LogP contribution in [-0.2, 0) is 0 Å². The van der Waals surface area contributed by atoms with Crippen molar-refractivity contribution in [2.75, 3.05) is 0 Å². The van der Waals surface area contributed by atoms with E-state index in [0.717, 1.165) is 16.2 Å². The molecule has 0 aliphatic heterocycles. The van der Waals surface area contributed by atoms with Crippen LogP contribution in [-0.4, -0.2) is 25.4 Å². The molecule has 0 unspecified atom stereocenters. The van der Waals surface area contributed by atoms with E-state index in [-0.39, 0.29) is 5.75 Å². The highest BCUT2D eigenvalue weighted by Crippen LogP contribution is 2.14. The number of H-pyrrole nitrogens is 1. The number of rotatable bonds is 2. The zero-order valence-electron chi connectivity index (χ0n) is 10.9. The molecule has 0 aliphatic rings. The van der Waals surface area contributed by atoms with E-state index in [9.17, 15) is 14.7 Å². The minimum absolute atomic E-state index is 0.128. The Morgan fingerprint density at radius 2 is 2.05 bits per heavy atom. The number of fused-ring (bicyclic) bond motifs is 1. The monoisotopic (exact) mass is 302 g/mol. The van der Waals surface area contributed by atoms with Crippen molar-refractivity contribution < 1.29 is 5.11 Å². The van der Waals surface area contributed by atoms with E-state index in [0.29, 0.717) is 21.5 Å². The molecule has 7 nitrogen and oxygen atoms in total. The number of aryl methyl sites for hydroxylation is 1. The number of benzene rings is 1. The van der Waals surface area contributed by atoms with Crippen molar-refractivity contribution in [1.29, 1.82) is 0 Å².